The van der Waals surface area contributed by atoms with Crippen molar-refractivity contribution in [3.8, 4) is 11.6 Å². The molecular weight excluding hydrogens is 419 g/mol. The minimum Gasteiger partial charge on any atom is -0.461 e. The molecule has 8 heteroatoms. The first kappa shape index (κ1) is 17.4. The molecule has 0 radical (unpaired) electrons. The molecule has 5 rings (SSSR count). The van der Waals surface area contributed by atoms with Gasteiger partial charge >= 0.3 is 0 Å². The van der Waals surface area contributed by atoms with Gasteiger partial charge in [0.15, 0.2) is 23.2 Å². The fraction of sp³-hybridized carbons (Fsp3) is 0.0500. The number of halogens is 2. The third-order valence-corrected chi connectivity index (χ3v) is 6.35. The zero-order chi connectivity index (χ0) is 19.6. The molecule has 4 aromatic rings. The van der Waals surface area contributed by atoms with E-state index in [2.05, 4.69) is 4.98 Å². The SMILES string of the molecule is Cn1c(-c2ccco2)nc2sc(C=C3C(=O)c4cc(Cl)c(Cl)cc4C3=O)cc21. The second-order valence-electron chi connectivity index (χ2n) is 6.34. The van der Waals surface area contributed by atoms with Crippen molar-refractivity contribution >= 4 is 62.5 Å². The molecule has 0 aliphatic heterocycles. The van der Waals surface area contributed by atoms with E-state index in [9.17, 15) is 9.59 Å². The van der Waals surface area contributed by atoms with Crippen LogP contribution in [-0.4, -0.2) is 21.1 Å². The van der Waals surface area contributed by atoms with Crippen molar-refractivity contribution in [2.75, 3.05) is 0 Å². The topological polar surface area (TPSA) is 65.1 Å². The van der Waals surface area contributed by atoms with Gasteiger partial charge in [0, 0.05) is 23.1 Å². The maximum atomic E-state index is 12.7. The number of benzene rings is 1. The van der Waals surface area contributed by atoms with Crippen LogP contribution in [0.3, 0.4) is 0 Å². The maximum Gasteiger partial charge on any atom is 0.197 e. The van der Waals surface area contributed by atoms with Gasteiger partial charge in [-0.05, 0) is 36.4 Å². The highest BCUT2D eigenvalue weighted by molar-refractivity contribution is 7.19. The molecule has 5 nitrogen and oxygen atoms in total. The Morgan fingerprint density at radius 1 is 1.11 bits per heavy atom. The number of rotatable bonds is 2. The van der Waals surface area contributed by atoms with Gasteiger partial charge in [-0.1, -0.05) is 23.2 Å². The number of hydrogen-bond acceptors (Lipinski definition) is 5. The number of thiophene rings is 1. The maximum absolute atomic E-state index is 12.7. The van der Waals surface area contributed by atoms with Gasteiger partial charge in [0.25, 0.3) is 0 Å². The molecule has 1 aromatic carbocycles. The Morgan fingerprint density at radius 2 is 1.79 bits per heavy atom. The molecular formula is C20H10Cl2N2O3S. The molecule has 3 aromatic heterocycles. The number of nitrogens with zero attached hydrogens (tertiary/aromatic N) is 2. The third kappa shape index (κ3) is 2.49. The van der Waals surface area contributed by atoms with Crippen LogP contribution in [0.5, 0.6) is 0 Å². The number of aryl methyl sites for hydroxylation is 1. The van der Waals surface area contributed by atoms with E-state index in [1.54, 1.807) is 18.4 Å². The summed E-state index contributed by atoms with van der Waals surface area (Å²) in [7, 11) is 1.89. The van der Waals surface area contributed by atoms with Crippen LogP contribution in [-0.2, 0) is 7.05 Å². The van der Waals surface area contributed by atoms with Crippen molar-refractivity contribution in [3.63, 3.8) is 0 Å². The summed E-state index contributed by atoms with van der Waals surface area (Å²) in [5, 5.41) is 0.499. The van der Waals surface area contributed by atoms with Crippen molar-refractivity contribution in [3.05, 3.63) is 68.2 Å². The van der Waals surface area contributed by atoms with E-state index in [1.165, 1.54) is 23.5 Å². The normalized spacial score (nSPS) is 13.6. The van der Waals surface area contributed by atoms with Crippen LogP contribution in [0.15, 0.2) is 46.6 Å². The van der Waals surface area contributed by atoms with E-state index in [4.69, 9.17) is 27.6 Å². The number of hydrogen-bond donors (Lipinski definition) is 0. The van der Waals surface area contributed by atoms with E-state index >= 15 is 0 Å². The predicted octanol–water partition coefficient (Wildman–Crippen LogP) is 5.66. The smallest absolute Gasteiger partial charge is 0.197 e. The van der Waals surface area contributed by atoms with E-state index in [1.807, 2.05) is 23.7 Å². The van der Waals surface area contributed by atoms with Crippen LogP contribution >= 0.6 is 34.5 Å². The lowest BCUT2D eigenvalue weighted by atomic mass is 10.1. The van der Waals surface area contributed by atoms with Gasteiger partial charge in [-0.25, -0.2) is 4.98 Å². The highest BCUT2D eigenvalue weighted by Crippen LogP contribution is 2.36. The number of carbonyl (C=O) groups excluding carboxylic acids is 2. The number of fused-ring (bicyclic) bond motifs is 2. The molecule has 0 bridgehead atoms. The average Bonchev–Trinajstić information content (AvgIpc) is 3.41. The molecule has 0 unspecified atom stereocenters. The number of aromatic nitrogens is 2. The first-order valence-corrected chi connectivity index (χ1v) is 9.81. The molecule has 3 heterocycles. The quantitative estimate of drug-likeness (QED) is 0.305. The highest BCUT2D eigenvalue weighted by Gasteiger charge is 2.34. The van der Waals surface area contributed by atoms with Crippen LogP contribution in [0.4, 0.5) is 0 Å². The third-order valence-electron chi connectivity index (χ3n) is 4.67. The first-order chi connectivity index (χ1) is 13.4. The fourth-order valence-corrected chi connectivity index (χ4v) is 4.61. The van der Waals surface area contributed by atoms with Gasteiger partial charge in [0.05, 0.1) is 27.4 Å². The minimum absolute atomic E-state index is 0.103. The summed E-state index contributed by atoms with van der Waals surface area (Å²) in [5.74, 6) is 0.701. The molecule has 0 atom stereocenters. The molecule has 1 aliphatic carbocycles. The fourth-order valence-electron chi connectivity index (χ4n) is 3.28. The second kappa shape index (κ2) is 6.17. The molecule has 0 saturated carbocycles. The number of furan rings is 1. The Bertz CT molecular complexity index is 1290. The lowest BCUT2D eigenvalue weighted by Gasteiger charge is -1.98. The number of carbonyl (C=O) groups is 2. The van der Waals surface area contributed by atoms with Crippen LogP contribution in [0.1, 0.15) is 25.6 Å². The van der Waals surface area contributed by atoms with Crippen LogP contribution in [0.2, 0.25) is 10.0 Å². The Morgan fingerprint density at radius 3 is 2.36 bits per heavy atom. The van der Waals surface area contributed by atoms with E-state index < -0.39 is 0 Å². The Labute approximate surface area is 172 Å². The summed E-state index contributed by atoms with van der Waals surface area (Å²) in [6.45, 7) is 0. The van der Waals surface area contributed by atoms with Gasteiger partial charge in [-0.2, -0.15) is 0 Å². The summed E-state index contributed by atoms with van der Waals surface area (Å²) < 4.78 is 7.33. The molecule has 1 aliphatic rings. The number of allylic oxidation sites excluding steroid dienone is 1. The Kier molecular flexibility index (Phi) is 3.84. The monoisotopic (exact) mass is 428 g/mol. The second-order valence-corrected chi connectivity index (χ2v) is 8.22. The van der Waals surface area contributed by atoms with Gasteiger partial charge < -0.3 is 8.98 Å². The van der Waals surface area contributed by atoms with Gasteiger partial charge in [-0.3, -0.25) is 9.59 Å². The van der Waals surface area contributed by atoms with Gasteiger partial charge in [0.2, 0.25) is 0 Å². The van der Waals surface area contributed by atoms with Crippen LogP contribution in [0, 0.1) is 0 Å². The molecule has 0 saturated heterocycles. The van der Waals surface area contributed by atoms with Crippen LogP contribution < -0.4 is 0 Å². The number of Topliss-reactive ketones (excluding diaryl/α,β-unsaturated/α-hetero) is 2. The van der Waals surface area contributed by atoms with Gasteiger partial charge in [-0.15, -0.1) is 11.3 Å². The van der Waals surface area contributed by atoms with Gasteiger partial charge in [0.1, 0.15) is 4.83 Å². The van der Waals surface area contributed by atoms with Crippen molar-refractivity contribution in [1.82, 2.24) is 9.55 Å². The first-order valence-electron chi connectivity index (χ1n) is 8.24. The summed E-state index contributed by atoms with van der Waals surface area (Å²) >= 11 is 13.4. The molecule has 0 spiro atoms. The summed E-state index contributed by atoms with van der Waals surface area (Å²) in [6.07, 6.45) is 3.20. The molecule has 138 valence electrons. The largest absolute Gasteiger partial charge is 0.461 e. The molecule has 0 N–H and O–H groups in total. The molecule has 28 heavy (non-hydrogen) atoms. The van der Waals surface area contributed by atoms with E-state index in [0.717, 1.165) is 21.0 Å². The summed E-state index contributed by atoms with van der Waals surface area (Å²) in [5.41, 5.74) is 1.56. The lowest BCUT2D eigenvalue weighted by Crippen LogP contribution is -1.99. The number of ketones is 2. The van der Waals surface area contributed by atoms with Crippen molar-refractivity contribution in [2.24, 2.45) is 7.05 Å². The predicted molar refractivity (Wildman–Crippen MR) is 109 cm³/mol. The highest BCUT2D eigenvalue weighted by atomic mass is 35.5. The summed E-state index contributed by atoms with van der Waals surface area (Å²) in [6, 6.07) is 8.44. The zero-order valence-electron chi connectivity index (χ0n) is 14.3. The average molecular weight is 429 g/mol. The van der Waals surface area contributed by atoms with Crippen LogP contribution in [0.25, 0.3) is 28.0 Å². The van der Waals surface area contributed by atoms with E-state index in [-0.39, 0.29) is 38.3 Å². The van der Waals surface area contributed by atoms with Crippen molar-refractivity contribution in [2.45, 2.75) is 0 Å². The summed E-state index contributed by atoms with van der Waals surface area (Å²) in [4.78, 5) is 31.5. The van der Waals surface area contributed by atoms with E-state index in [0.29, 0.717) is 5.76 Å². The standard InChI is InChI=1S/C20H10Cl2N2O3S/c1-24-15-6-9(28-20(15)23-19(24)16-3-2-4-27-16)5-12-17(25)10-7-13(21)14(22)8-11(10)18(12)26/h2-8H,1H3. The lowest BCUT2D eigenvalue weighted by molar-refractivity contribution is 0.0990. The Hall–Kier alpha value is -2.67. The number of imidazole rings is 1. The zero-order valence-corrected chi connectivity index (χ0v) is 16.7. The Balaban J connectivity index is 1.57. The minimum atomic E-state index is -0.347. The van der Waals surface area contributed by atoms with Crippen molar-refractivity contribution in [1.29, 1.82) is 0 Å². The molecule has 0 amide bonds. The molecule has 0 fully saturated rings. The van der Waals surface area contributed by atoms with Crippen molar-refractivity contribution < 1.29 is 14.0 Å².